The van der Waals surface area contributed by atoms with Crippen LogP contribution in [0, 0.1) is 0 Å². The Morgan fingerprint density at radius 3 is 3.23 bits per heavy atom. The van der Waals surface area contributed by atoms with E-state index in [0.717, 1.165) is 10.1 Å². The molecule has 0 spiro atoms. The smallest absolute Gasteiger partial charge is 0.137 e. The molecule has 1 N–H and O–H groups in total. The van der Waals surface area contributed by atoms with E-state index in [1.54, 1.807) is 0 Å². The molecule has 0 amide bonds. The number of H-pyrrole nitrogens is 1. The number of aryl methyl sites for hydroxylation is 2. The monoisotopic (exact) mass is 236 g/mol. The lowest BCUT2D eigenvalue weighted by Crippen LogP contribution is -1.80. The van der Waals surface area contributed by atoms with Crippen molar-refractivity contribution in [2.75, 3.05) is 0 Å². The van der Waals surface area contributed by atoms with Gasteiger partial charge in [0.05, 0.1) is 0 Å². The zero-order valence-corrected chi connectivity index (χ0v) is 8.69. The minimum Gasteiger partial charge on any atom is -0.343 e. The van der Waals surface area contributed by atoms with Crippen LogP contribution < -0.4 is 0 Å². The summed E-state index contributed by atoms with van der Waals surface area (Å²) in [5.74, 6) is 0. The van der Waals surface area contributed by atoms with Crippen LogP contribution in [-0.4, -0.2) is 9.97 Å². The van der Waals surface area contributed by atoms with Gasteiger partial charge in [0.2, 0.25) is 0 Å². The Balaban J connectivity index is 2.40. The van der Waals surface area contributed by atoms with Crippen molar-refractivity contribution in [3.63, 3.8) is 0 Å². The van der Waals surface area contributed by atoms with E-state index in [1.807, 2.05) is 6.20 Å². The minimum absolute atomic E-state index is 1.04. The van der Waals surface area contributed by atoms with Gasteiger partial charge in [-0.3, -0.25) is 0 Å². The first-order chi connectivity index (χ1) is 6.34. The molecule has 2 nitrogen and oxygen atoms in total. The number of hydrogen-bond acceptors (Lipinski definition) is 1. The normalized spacial score (nSPS) is 15.2. The fraction of sp³-hybridized carbons (Fsp3) is 0.300. The maximum Gasteiger partial charge on any atom is 0.137 e. The van der Waals surface area contributed by atoms with Crippen LogP contribution in [0.15, 0.2) is 16.7 Å². The molecular weight excluding hydrogens is 228 g/mol. The van der Waals surface area contributed by atoms with Crippen molar-refractivity contribution < 1.29 is 0 Å². The van der Waals surface area contributed by atoms with Crippen molar-refractivity contribution in [2.45, 2.75) is 19.3 Å². The standard InChI is InChI=1S/C10H9BrN2/c11-6-4-8-7-2-1-3-9(7)13-10(8)12-5-6/h4-5H,1-3H2,(H,12,13). The second kappa shape index (κ2) is 2.58. The van der Waals surface area contributed by atoms with E-state index in [2.05, 4.69) is 32.0 Å². The summed E-state index contributed by atoms with van der Waals surface area (Å²) in [5, 5.41) is 1.29. The molecule has 66 valence electrons. The van der Waals surface area contributed by atoms with Gasteiger partial charge in [0.15, 0.2) is 0 Å². The molecule has 0 aliphatic heterocycles. The minimum atomic E-state index is 1.04. The summed E-state index contributed by atoms with van der Waals surface area (Å²) >= 11 is 3.45. The number of aromatic nitrogens is 2. The van der Waals surface area contributed by atoms with Crippen LogP contribution >= 0.6 is 15.9 Å². The summed E-state index contributed by atoms with van der Waals surface area (Å²) in [4.78, 5) is 7.71. The second-order valence-electron chi connectivity index (χ2n) is 3.49. The van der Waals surface area contributed by atoms with Gasteiger partial charge in [-0.05, 0) is 46.8 Å². The van der Waals surface area contributed by atoms with Gasteiger partial charge in [-0.15, -0.1) is 0 Å². The number of rotatable bonds is 0. The number of nitrogens with zero attached hydrogens (tertiary/aromatic N) is 1. The topological polar surface area (TPSA) is 28.7 Å². The molecule has 1 aliphatic carbocycles. The second-order valence-corrected chi connectivity index (χ2v) is 4.40. The fourth-order valence-corrected chi connectivity index (χ4v) is 2.42. The zero-order chi connectivity index (χ0) is 8.84. The maximum atomic E-state index is 4.34. The van der Waals surface area contributed by atoms with Gasteiger partial charge in [-0.25, -0.2) is 4.98 Å². The molecule has 13 heavy (non-hydrogen) atoms. The van der Waals surface area contributed by atoms with Gasteiger partial charge in [-0.2, -0.15) is 0 Å². The number of hydrogen-bond donors (Lipinski definition) is 1. The fourth-order valence-electron chi connectivity index (χ4n) is 2.09. The van der Waals surface area contributed by atoms with Crippen LogP contribution in [0.5, 0.6) is 0 Å². The third kappa shape index (κ3) is 1.03. The predicted molar refractivity (Wildman–Crippen MR) is 55.8 cm³/mol. The Kier molecular flexibility index (Phi) is 1.50. The van der Waals surface area contributed by atoms with Gasteiger partial charge in [-0.1, -0.05) is 0 Å². The Morgan fingerprint density at radius 1 is 1.38 bits per heavy atom. The highest BCUT2D eigenvalue weighted by molar-refractivity contribution is 9.10. The first-order valence-corrected chi connectivity index (χ1v) is 5.29. The van der Waals surface area contributed by atoms with Crippen molar-refractivity contribution in [3.8, 4) is 0 Å². The SMILES string of the molecule is Brc1cnc2[nH]c3c(c2c1)CCC3. The molecule has 0 aromatic carbocycles. The molecule has 0 unspecified atom stereocenters. The number of aromatic amines is 1. The molecule has 0 atom stereocenters. The van der Waals surface area contributed by atoms with E-state index in [-0.39, 0.29) is 0 Å². The third-order valence-electron chi connectivity index (χ3n) is 2.67. The van der Waals surface area contributed by atoms with Gasteiger partial charge in [0, 0.05) is 21.7 Å². The van der Waals surface area contributed by atoms with E-state index < -0.39 is 0 Å². The Labute approximate surface area is 84.5 Å². The van der Waals surface area contributed by atoms with Gasteiger partial charge < -0.3 is 4.98 Å². The Morgan fingerprint density at radius 2 is 2.31 bits per heavy atom. The summed E-state index contributed by atoms with van der Waals surface area (Å²) < 4.78 is 1.06. The van der Waals surface area contributed by atoms with Crippen LogP contribution in [-0.2, 0) is 12.8 Å². The first kappa shape index (κ1) is 7.56. The quantitative estimate of drug-likeness (QED) is 0.749. The first-order valence-electron chi connectivity index (χ1n) is 4.49. The summed E-state index contributed by atoms with van der Waals surface area (Å²) in [6.07, 6.45) is 5.51. The highest BCUT2D eigenvalue weighted by Crippen LogP contribution is 2.30. The largest absolute Gasteiger partial charge is 0.343 e. The molecule has 0 fully saturated rings. The number of fused-ring (bicyclic) bond motifs is 3. The summed E-state index contributed by atoms with van der Waals surface area (Å²) in [6.45, 7) is 0. The summed E-state index contributed by atoms with van der Waals surface area (Å²) in [5.41, 5.74) is 3.90. The van der Waals surface area contributed by atoms with Crippen LogP contribution in [0.3, 0.4) is 0 Å². The molecule has 0 saturated heterocycles. The maximum absolute atomic E-state index is 4.34. The number of nitrogens with one attached hydrogen (secondary N) is 1. The molecule has 0 bridgehead atoms. The van der Waals surface area contributed by atoms with Crippen molar-refractivity contribution in [3.05, 3.63) is 28.0 Å². The molecule has 2 heterocycles. The lowest BCUT2D eigenvalue weighted by molar-refractivity contribution is 0.897. The average molecular weight is 237 g/mol. The lowest BCUT2D eigenvalue weighted by Gasteiger charge is -1.93. The van der Waals surface area contributed by atoms with Crippen LogP contribution in [0.25, 0.3) is 11.0 Å². The molecule has 0 radical (unpaired) electrons. The van der Waals surface area contributed by atoms with Crippen LogP contribution in [0.2, 0.25) is 0 Å². The molecule has 3 rings (SSSR count). The van der Waals surface area contributed by atoms with Crippen molar-refractivity contribution in [2.24, 2.45) is 0 Å². The summed E-state index contributed by atoms with van der Waals surface area (Å²) in [7, 11) is 0. The third-order valence-corrected chi connectivity index (χ3v) is 3.10. The van der Waals surface area contributed by atoms with Crippen LogP contribution in [0.1, 0.15) is 17.7 Å². The van der Waals surface area contributed by atoms with Crippen LogP contribution in [0.4, 0.5) is 0 Å². The Bertz CT molecular complexity index is 473. The lowest BCUT2D eigenvalue weighted by atomic mass is 10.2. The van der Waals surface area contributed by atoms with E-state index >= 15 is 0 Å². The zero-order valence-electron chi connectivity index (χ0n) is 7.10. The van der Waals surface area contributed by atoms with E-state index in [1.165, 1.54) is 35.9 Å². The average Bonchev–Trinajstić information content (AvgIpc) is 2.64. The highest BCUT2D eigenvalue weighted by Gasteiger charge is 2.17. The molecule has 2 aromatic rings. The molecule has 0 saturated carbocycles. The molecule has 3 heteroatoms. The van der Waals surface area contributed by atoms with Crippen molar-refractivity contribution in [1.29, 1.82) is 0 Å². The molecule has 2 aromatic heterocycles. The van der Waals surface area contributed by atoms with E-state index in [9.17, 15) is 0 Å². The van der Waals surface area contributed by atoms with Crippen molar-refractivity contribution in [1.82, 2.24) is 9.97 Å². The van der Waals surface area contributed by atoms with Crippen molar-refractivity contribution >= 4 is 27.0 Å². The predicted octanol–water partition coefficient (Wildman–Crippen LogP) is 2.81. The number of halogens is 1. The van der Waals surface area contributed by atoms with E-state index in [4.69, 9.17) is 0 Å². The number of pyridine rings is 1. The molecular formula is C10H9BrN2. The molecule has 1 aliphatic rings. The van der Waals surface area contributed by atoms with E-state index in [0.29, 0.717) is 0 Å². The van der Waals surface area contributed by atoms with Gasteiger partial charge in [0.1, 0.15) is 5.65 Å². The Hall–Kier alpha value is -0.830. The highest BCUT2D eigenvalue weighted by atomic mass is 79.9. The van der Waals surface area contributed by atoms with Gasteiger partial charge >= 0.3 is 0 Å². The summed E-state index contributed by atoms with van der Waals surface area (Å²) in [6, 6.07) is 2.16. The van der Waals surface area contributed by atoms with Gasteiger partial charge in [0.25, 0.3) is 0 Å².